The third kappa shape index (κ3) is 4.82. The van der Waals surface area contributed by atoms with Gasteiger partial charge in [0.2, 0.25) is 5.91 Å². The molecule has 0 aliphatic heterocycles. The van der Waals surface area contributed by atoms with Gasteiger partial charge in [-0.15, -0.1) is 0 Å². The number of para-hydroxylation sites is 1. The van der Waals surface area contributed by atoms with E-state index in [2.05, 4.69) is 15.9 Å². The normalized spacial score (nSPS) is 15.3. The highest BCUT2D eigenvalue weighted by atomic mass is 79.9. The van der Waals surface area contributed by atoms with E-state index >= 15 is 0 Å². The Morgan fingerprint density at radius 3 is 2.54 bits per heavy atom. The summed E-state index contributed by atoms with van der Waals surface area (Å²) in [6.45, 7) is 2.28. The maximum Gasteiger partial charge on any atom is 0.266 e. The van der Waals surface area contributed by atoms with Crippen molar-refractivity contribution in [1.29, 1.82) is 0 Å². The van der Waals surface area contributed by atoms with Crippen molar-refractivity contribution in [3.8, 4) is 5.69 Å². The number of benzene rings is 2. The highest BCUT2D eigenvalue weighted by molar-refractivity contribution is 9.10. The molecule has 2 heterocycles. The Balaban J connectivity index is 1.65. The fraction of sp³-hybridized carbons (Fsp3) is 0.321. The minimum Gasteiger partial charge on any atom is -0.467 e. The lowest BCUT2D eigenvalue weighted by atomic mass is 9.88. The molecule has 1 fully saturated rings. The predicted octanol–water partition coefficient (Wildman–Crippen LogP) is 6.41. The van der Waals surface area contributed by atoms with E-state index in [0.717, 1.165) is 30.2 Å². The molecule has 0 radical (unpaired) electrons. The number of rotatable bonds is 6. The Morgan fingerprint density at radius 1 is 1.09 bits per heavy atom. The average Bonchev–Trinajstić information content (AvgIpc) is 3.41. The minimum absolute atomic E-state index is 0.0190. The molecule has 180 valence electrons. The topological polar surface area (TPSA) is 68.3 Å². The van der Waals surface area contributed by atoms with E-state index in [9.17, 15) is 9.59 Å². The maximum atomic E-state index is 13.8. The molecule has 2 aromatic heterocycles. The van der Waals surface area contributed by atoms with Crippen molar-refractivity contribution in [1.82, 2.24) is 14.5 Å². The summed E-state index contributed by atoms with van der Waals surface area (Å²) in [5, 5.41) is 0.544. The van der Waals surface area contributed by atoms with E-state index in [4.69, 9.17) is 9.40 Å². The van der Waals surface area contributed by atoms with Gasteiger partial charge in [-0.05, 0) is 68.3 Å². The van der Waals surface area contributed by atoms with Crippen molar-refractivity contribution >= 4 is 32.7 Å². The van der Waals surface area contributed by atoms with Gasteiger partial charge < -0.3 is 9.32 Å². The lowest BCUT2D eigenvalue weighted by Crippen LogP contribution is -2.40. The molecule has 5 rings (SSSR count). The highest BCUT2D eigenvalue weighted by Crippen LogP contribution is 2.31. The van der Waals surface area contributed by atoms with Crippen LogP contribution in [0.4, 0.5) is 0 Å². The first-order chi connectivity index (χ1) is 17.0. The van der Waals surface area contributed by atoms with Gasteiger partial charge in [-0.2, -0.15) is 0 Å². The Hall–Kier alpha value is -3.19. The second kappa shape index (κ2) is 10.2. The maximum absolute atomic E-state index is 13.8. The SMILES string of the molecule is CC(c1nc2ccccc2c(=O)n1-c1ccc(Br)cc1)N(Cc1ccco1)C(=O)C1CCCCC1. The molecule has 6 nitrogen and oxygen atoms in total. The number of furan rings is 1. The number of carbonyl (C=O) groups is 1. The molecule has 1 aliphatic carbocycles. The number of aromatic nitrogens is 2. The number of nitrogens with zero attached hydrogens (tertiary/aromatic N) is 3. The summed E-state index contributed by atoms with van der Waals surface area (Å²) >= 11 is 3.48. The van der Waals surface area contributed by atoms with E-state index in [1.807, 2.05) is 66.4 Å². The van der Waals surface area contributed by atoms with Crippen molar-refractivity contribution in [2.24, 2.45) is 5.92 Å². The lowest BCUT2D eigenvalue weighted by Gasteiger charge is -2.34. The van der Waals surface area contributed by atoms with Gasteiger partial charge in [0.1, 0.15) is 11.6 Å². The number of halogens is 1. The van der Waals surface area contributed by atoms with Crippen LogP contribution in [-0.2, 0) is 11.3 Å². The van der Waals surface area contributed by atoms with Crippen LogP contribution in [0, 0.1) is 5.92 Å². The van der Waals surface area contributed by atoms with Gasteiger partial charge in [0.15, 0.2) is 0 Å². The second-order valence-electron chi connectivity index (χ2n) is 9.16. The Labute approximate surface area is 212 Å². The van der Waals surface area contributed by atoms with Crippen molar-refractivity contribution in [3.05, 3.63) is 93.3 Å². The summed E-state index contributed by atoms with van der Waals surface area (Å²) < 4.78 is 8.18. The van der Waals surface area contributed by atoms with Crippen LogP contribution in [0.5, 0.6) is 0 Å². The molecule has 2 aromatic carbocycles. The molecule has 0 saturated heterocycles. The largest absolute Gasteiger partial charge is 0.467 e. The van der Waals surface area contributed by atoms with Crippen LogP contribution in [-0.4, -0.2) is 20.4 Å². The van der Waals surface area contributed by atoms with Crippen LogP contribution in [0.3, 0.4) is 0 Å². The lowest BCUT2D eigenvalue weighted by molar-refractivity contribution is -0.140. The summed E-state index contributed by atoms with van der Waals surface area (Å²) in [6, 6.07) is 18.2. The fourth-order valence-corrected chi connectivity index (χ4v) is 5.23. The number of fused-ring (bicyclic) bond motifs is 1. The molecule has 35 heavy (non-hydrogen) atoms. The summed E-state index contributed by atoms with van der Waals surface area (Å²) in [5.41, 5.74) is 1.18. The standard InChI is InChI=1S/C28H28BrN3O3/c1-19(31(18-23-10-7-17-35-23)27(33)20-8-3-2-4-9-20)26-30-25-12-6-5-11-24(25)28(34)32(26)22-15-13-21(29)14-16-22/h5-7,10-17,19-20H,2-4,8-9,18H2,1H3. The van der Waals surface area contributed by atoms with Gasteiger partial charge in [0, 0.05) is 10.4 Å². The summed E-state index contributed by atoms with van der Waals surface area (Å²) in [6.07, 6.45) is 6.71. The quantitative estimate of drug-likeness (QED) is 0.287. The van der Waals surface area contributed by atoms with E-state index in [1.165, 1.54) is 6.42 Å². The van der Waals surface area contributed by atoms with Gasteiger partial charge in [0.05, 0.1) is 35.4 Å². The van der Waals surface area contributed by atoms with Crippen molar-refractivity contribution < 1.29 is 9.21 Å². The number of hydrogen-bond acceptors (Lipinski definition) is 4. The smallest absolute Gasteiger partial charge is 0.266 e. The van der Waals surface area contributed by atoms with Gasteiger partial charge in [-0.25, -0.2) is 4.98 Å². The second-order valence-corrected chi connectivity index (χ2v) is 10.1. The zero-order chi connectivity index (χ0) is 24.4. The third-order valence-electron chi connectivity index (χ3n) is 6.87. The van der Waals surface area contributed by atoms with Crippen molar-refractivity contribution in [2.45, 2.75) is 51.6 Å². The van der Waals surface area contributed by atoms with Crippen LogP contribution < -0.4 is 5.56 Å². The third-order valence-corrected chi connectivity index (χ3v) is 7.40. The molecule has 1 atom stereocenters. The molecule has 0 bridgehead atoms. The number of carbonyl (C=O) groups excluding carboxylic acids is 1. The van der Waals surface area contributed by atoms with Crippen LogP contribution in [0.2, 0.25) is 0 Å². The first-order valence-electron chi connectivity index (χ1n) is 12.1. The van der Waals surface area contributed by atoms with Crippen molar-refractivity contribution in [3.63, 3.8) is 0 Å². The van der Waals surface area contributed by atoms with Crippen molar-refractivity contribution in [2.75, 3.05) is 0 Å². The molecule has 4 aromatic rings. The first kappa shape index (κ1) is 23.5. The Morgan fingerprint density at radius 2 is 1.83 bits per heavy atom. The summed E-state index contributed by atoms with van der Waals surface area (Å²) in [7, 11) is 0. The summed E-state index contributed by atoms with van der Waals surface area (Å²) in [4.78, 5) is 34.4. The van der Waals surface area contributed by atoms with Crippen LogP contribution in [0.25, 0.3) is 16.6 Å². The van der Waals surface area contributed by atoms with Gasteiger partial charge >= 0.3 is 0 Å². The molecular formula is C28H28BrN3O3. The van der Waals surface area contributed by atoms with Crippen LogP contribution >= 0.6 is 15.9 Å². The van der Waals surface area contributed by atoms with E-state index in [0.29, 0.717) is 34.7 Å². The predicted molar refractivity (Wildman–Crippen MR) is 139 cm³/mol. The summed E-state index contributed by atoms with van der Waals surface area (Å²) in [5.74, 6) is 1.32. The van der Waals surface area contributed by atoms with E-state index in [-0.39, 0.29) is 17.4 Å². The molecule has 1 saturated carbocycles. The van der Waals surface area contributed by atoms with Gasteiger partial charge in [-0.3, -0.25) is 14.2 Å². The Bertz CT molecular complexity index is 1370. The number of hydrogen-bond donors (Lipinski definition) is 0. The molecular weight excluding hydrogens is 506 g/mol. The molecule has 0 N–H and O–H groups in total. The molecule has 1 amide bonds. The van der Waals surface area contributed by atoms with E-state index < -0.39 is 6.04 Å². The van der Waals surface area contributed by atoms with E-state index in [1.54, 1.807) is 16.9 Å². The zero-order valence-electron chi connectivity index (χ0n) is 19.7. The van der Waals surface area contributed by atoms with Crippen LogP contribution in [0.15, 0.2) is 80.6 Å². The molecule has 7 heteroatoms. The zero-order valence-corrected chi connectivity index (χ0v) is 21.3. The first-order valence-corrected chi connectivity index (χ1v) is 12.9. The monoisotopic (exact) mass is 533 g/mol. The van der Waals surface area contributed by atoms with Crippen LogP contribution in [0.1, 0.15) is 56.7 Å². The molecule has 1 unspecified atom stereocenters. The average molecular weight is 534 g/mol. The highest BCUT2D eigenvalue weighted by Gasteiger charge is 2.32. The minimum atomic E-state index is -0.449. The molecule has 1 aliphatic rings. The molecule has 0 spiro atoms. The Kier molecular flexibility index (Phi) is 6.86. The fourth-order valence-electron chi connectivity index (χ4n) is 4.97. The number of amides is 1. The van der Waals surface area contributed by atoms with Gasteiger partial charge in [0.25, 0.3) is 5.56 Å². The van der Waals surface area contributed by atoms with Gasteiger partial charge in [-0.1, -0.05) is 47.3 Å².